The molecule has 1 saturated carbocycles. The van der Waals surface area contributed by atoms with Gasteiger partial charge in [-0.2, -0.15) is 5.10 Å². The van der Waals surface area contributed by atoms with E-state index in [9.17, 15) is 4.79 Å². The molecule has 1 fully saturated rings. The van der Waals surface area contributed by atoms with Gasteiger partial charge < -0.3 is 10.5 Å². The normalized spacial score (nSPS) is 14.2. The van der Waals surface area contributed by atoms with E-state index in [4.69, 9.17) is 10.5 Å². The molecule has 1 aliphatic rings. The lowest BCUT2D eigenvalue weighted by Crippen LogP contribution is -2.08. The van der Waals surface area contributed by atoms with Crippen LogP contribution in [0, 0.1) is 5.92 Å². The third kappa shape index (κ3) is 2.99. The van der Waals surface area contributed by atoms with Gasteiger partial charge in [-0.3, -0.25) is 0 Å². The van der Waals surface area contributed by atoms with Gasteiger partial charge in [-0.1, -0.05) is 18.9 Å². The maximum Gasteiger partial charge on any atom is 0.358 e. The van der Waals surface area contributed by atoms with Crippen molar-refractivity contribution in [2.45, 2.75) is 19.3 Å². The molecular formula is C15H17N3O2. The van der Waals surface area contributed by atoms with Crippen LogP contribution in [-0.4, -0.2) is 22.4 Å². The van der Waals surface area contributed by atoms with Crippen LogP contribution in [0.5, 0.6) is 0 Å². The third-order valence-corrected chi connectivity index (χ3v) is 3.39. The highest BCUT2D eigenvalue weighted by Crippen LogP contribution is 2.32. The minimum absolute atomic E-state index is 0.322. The summed E-state index contributed by atoms with van der Waals surface area (Å²) in [5.74, 6) is 0.390. The Bertz CT molecular complexity index is 617. The zero-order valence-corrected chi connectivity index (χ0v) is 11.2. The number of aromatic nitrogens is 2. The monoisotopic (exact) mass is 271 g/mol. The van der Waals surface area contributed by atoms with Gasteiger partial charge in [-0.05, 0) is 36.6 Å². The van der Waals surface area contributed by atoms with Crippen LogP contribution >= 0.6 is 0 Å². The summed E-state index contributed by atoms with van der Waals surface area (Å²) in [5, 5.41) is 4.22. The lowest BCUT2D eigenvalue weighted by Gasteiger charge is -2.03. The number of rotatable bonds is 5. The van der Waals surface area contributed by atoms with Gasteiger partial charge in [-0.25, -0.2) is 9.48 Å². The zero-order chi connectivity index (χ0) is 13.9. The molecule has 0 bridgehead atoms. The summed E-state index contributed by atoms with van der Waals surface area (Å²) in [7, 11) is 0. The standard InChI is InChI=1S/C15H17N3O2/c16-12-2-1-3-13(10-12)18-8-6-14(17-18)15(19)20-9-7-11-4-5-11/h1-3,6,8,10-11H,4-5,7,9,16H2. The number of ether oxygens (including phenoxy) is 1. The predicted molar refractivity (Wildman–Crippen MR) is 75.6 cm³/mol. The first-order valence-corrected chi connectivity index (χ1v) is 6.81. The number of anilines is 1. The van der Waals surface area contributed by atoms with Gasteiger partial charge in [0.15, 0.2) is 5.69 Å². The van der Waals surface area contributed by atoms with Gasteiger partial charge in [0, 0.05) is 11.9 Å². The molecule has 104 valence electrons. The summed E-state index contributed by atoms with van der Waals surface area (Å²) < 4.78 is 6.83. The molecule has 0 unspecified atom stereocenters. The van der Waals surface area contributed by atoms with Crippen LogP contribution in [0.1, 0.15) is 29.8 Å². The van der Waals surface area contributed by atoms with E-state index < -0.39 is 0 Å². The Kier molecular flexibility index (Phi) is 3.41. The minimum atomic E-state index is -0.367. The zero-order valence-electron chi connectivity index (χ0n) is 11.2. The average molecular weight is 271 g/mol. The first-order valence-electron chi connectivity index (χ1n) is 6.81. The van der Waals surface area contributed by atoms with Crippen LogP contribution in [-0.2, 0) is 4.74 Å². The highest BCUT2D eigenvalue weighted by molar-refractivity contribution is 5.87. The molecule has 3 rings (SSSR count). The quantitative estimate of drug-likeness (QED) is 0.669. The number of hydrogen-bond donors (Lipinski definition) is 1. The van der Waals surface area contributed by atoms with Crippen molar-refractivity contribution in [2.75, 3.05) is 12.3 Å². The molecule has 0 aliphatic heterocycles. The Morgan fingerprint density at radius 2 is 2.25 bits per heavy atom. The second kappa shape index (κ2) is 5.36. The van der Waals surface area contributed by atoms with Crippen LogP contribution in [0.2, 0.25) is 0 Å². The Labute approximate surface area is 117 Å². The number of hydrogen-bond acceptors (Lipinski definition) is 4. The highest BCUT2D eigenvalue weighted by atomic mass is 16.5. The largest absolute Gasteiger partial charge is 0.461 e. The fourth-order valence-corrected chi connectivity index (χ4v) is 2.04. The molecule has 0 amide bonds. The van der Waals surface area contributed by atoms with Crippen LogP contribution in [0.3, 0.4) is 0 Å². The summed E-state index contributed by atoms with van der Waals surface area (Å²) in [6, 6.07) is 8.99. The summed E-state index contributed by atoms with van der Waals surface area (Å²) in [5.41, 5.74) is 7.53. The molecule has 5 heteroatoms. The second-order valence-electron chi connectivity index (χ2n) is 5.11. The number of esters is 1. The molecule has 5 nitrogen and oxygen atoms in total. The number of carbonyl (C=O) groups is 1. The van der Waals surface area contributed by atoms with E-state index in [1.807, 2.05) is 12.1 Å². The van der Waals surface area contributed by atoms with Gasteiger partial charge in [-0.15, -0.1) is 0 Å². The number of carbonyl (C=O) groups excluding carboxylic acids is 1. The van der Waals surface area contributed by atoms with E-state index >= 15 is 0 Å². The second-order valence-corrected chi connectivity index (χ2v) is 5.11. The molecular weight excluding hydrogens is 254 g/mol. The van der Waals surface area contributed by atoms with E-state index in [0.717, 1.165) is 18.0 Å². The fourth-order valence-electron chi connectivity index (χ4n) is 2.04. The van der Waals surface area contributed by atoms with E-state index in [-0.39, 0.29) is 5.97 Å². The van der Waals surface area contributed by atoms with Crippen LogP contribution in [0.15, 0.2) is 36.5 Å². The van der Waals surface area contributed by atoms with Gasteiger partial charge >= 0.3 is 5.97 Å². The van der Waals surface area contributed by atoms with E-state index in [1.54, 1.807) is 29.1 Å². The topological polar surface area (TPSA) is 70.1 Å². The highest BCUT2D eigenvalue weighted by Gasteiger charge is 2.21. The number of nitrogens with zero attached hydrogens (tertiary/aromatic N) is 2. The van der Waals surface area contributed by atoms with E-state index in [2.05, 4.69) is 5.10 Å². The van der Waals surface area contributed by atoms with Gasteiger partial charge in [0.25, 0.3) is 0 Å². The van der Waals surface area contributed by atoms with Crippen molar-refractivity contribution in [1.29, 1.82) is 0 Å². The number of nitrogen functional groups attached to an aromatic ring is 1. The van der Waals surface area contributed by atoms with Crippen molar-refractivity contribution >= 4 is 11.7 Å². The molecule has 1 aromatic carbocycles. The van der Waals surface area contributed by atoms with Crippen LogP contribution in [0.25, 0.3) is 5.69 Å². The molecule has 0 radical (unpaired) electrons. The van der Waals surface area contributed by atoms with Crippen molar-refractivity contribution < 1.29 is 9.53 Å². The smallest absolute Gasteiger partial charge is 0.358 e. The Balaban J connectivity index is 1.64. The molecule has 1 aliphatic carbocycles. The van der Waals surface area contributed by atoms with Crippen molar-refractivity contribution in [1.82, 2.24) is 9.78 Å². The fraction of sp³-hybridized carbons (Fsp3) is 0.333. The molecule has 2 N–H and O–H groups in total. The average Bonchev–Trinajstić information content (AvgIpc) is 3.13. The van der Waals surface area contributed by atoms with Crippen LogP contribution in [0.4, 0.5) is 5.69 Å². The summed E-state index contributed by atoms with van der Waals surface area (Å²) in [6.45, 7) is 0.481. The number of nitrogens with two attached hydrogens (primary N) is 1. The summed E-state index contributed by atoms with van der Waals surface area (Å²) in [4.78, 5) is 11.8. The first-order chi connectivity index (χ1) is 9.72. The molecule has 20 heavy (non-hydrogen) atoms. The molecule has 0 atom stereocenters. The van der Waals surface area contributed by atoms with Crippen molar-refractivity contribution in [3.05, 3.63) is 42.2 Å². The van der Waals surface area contributed by atoms with Crippen LogP contribution < -0.4 is 5.73 Å². The van der Waals surface area contributed by atoms with E-state index in [1.165, 1.54) is 12.8 Å². The van der Waals surface area contributed by atoms with E-state index in [0.29, 0.717) is 18.0 Å². The molecule has 0 spiro atoms. The summed E-state index contributed by atoms with van der Waals surface area (Å²) >= 11 is 0. The van der Waals surface area contributed by atoms with Gasteiger partial charge in [0.05, 0.1) is 12.3 Å². The molecule has 1 heterocycles. The van der Waals surface area contributed by atoms with Gasteiger partial charge in [0.1, 0.15) is 0 Å². The molecule has 1 aromatic heterocycles. The maximum absolute atomic E-state index is 11.8. The Morgan fingerprint density at radius 1 is 1.40 bits per heavy atom. The first kappa shape index (κ1) is 12.7. The molecule has 0 saturated heterocycles. The molecule has 2 aromatic rings. The van der Waals surface area contributed by atoms with Crippen molar-refractivity contribution in [3.8, 4) is 5.69 Å². The number of benzene rings is 1. The Morgan fingerprint density at radius 3 is 3.00 bits per heavy atom. The van der Waals surface area contributed by atoms with Crippen molar-refractivity contribution in [2.24, 2.45) is 5.92 Å². The summed E-state index contributed by atoms with van der Waals surface area (Å²) in [6.07, 6.45) is 5.22. The lowest BCUT2D eigenvalue weighted by molar-refractivity contribution is 0.0487. The Hall–Kier alpha value is -2.30. The minimum Gasteiger partial charge on any atom is -0.461 e. The SMILES string of the molecule is Nc1cccc(-n2ccc(C(=O)OCCC3CC3)n2)c1. The third-order valence-electron chi connectivity index (χ3n) is 3.39. The maximum atomic E-state index is 11.8. The van der Waals surface area contributed by atoms with Gasteiger partial charge in [0.2, 0.25) is 0 Å². The van der Waals surface area contributed by atoms with Crippen molar-refractivity contribution in [3.63, 3.8) is 0 Å². The predicted octanol–water partition coefficient (Wildman–Crippen LogP) is 2.41. The lowest BCUT2D eigenvalue weighted by atomic mass is 10.3.